The Balaban J connectivity index is 1.75. The summed E-state index contributed by atoms with van der Waals surface area (Å²) in [5.41, 5.74) is 1.86. The molecule has 0 N–H and O–H groups in total. The van der Waals surface area contributed by atoms with Crippen molar-refractivity contribution in [2.24, 2.45) is 0 Å². The number of ketones is 1. The Morgan fingerprint density at radius 3 is 2.52 bits per heavy atom. The van der Waals surface area contributed by atoms with Crippen LogP contribution in [0.2, 0.25) is 0 Å². The number of unbranched alkanes of at least 4 members (excludes halogenated alkanes) is 2. The van der Waals surface area contributed by atoms with Crippen LogP contribution >= 0.6 is 0 Å². The lowest BCUT2D eigenvalue weighted by atomic mass is 10.0. The minimum absolute atomic E-state index is 0.177. The third-order valence-electron chi connectivity index (χ3n) is 4.35. The molecule has 0 bridgehead atoms. The first-order valence-electron chi connectivity index (χ1n) is 8.77. The van der Waals surface area contributed by atoms with Crippen LogP contribution < -0.4 is 0 Å². The molecule has 5 heteroatoms. The Bertz CT molecular complexity index is 835. The average Bonchev–Trinajstić information content (AvgIpc) is 2.53. The maximum absolute atomic E-state index is 12.1. The second kappa shape index (κ2) is 8.09. The first-order valence-corrected chi connectivity index (χ1v) is 10.4. The van der Waals surface area contributed by atoms with Gasteiger partial charge in [0.25, 0.3) is 0 Å². The fourth-order valence-electron chi connectivity index (χ4n) is 2.63. The van der Waals surface area contributed by atoms with Gasteiger partial charge in [-0.15, -0.1) is 0 Å². The van der Waals surface area contributed by atoms with Crippen molar-refractivity contribution in [2.45, 2.75) is 57.6 Å². The lowest BCUT2D eigenvalue weighted by molar-refractivity contribution is -0.118. The lowest BCUT2D eigenvalue weighted by Crippen LogP contribution is -2.30. The molecule has 0 aliphatic rings. The van der Waals surface area contributed by atoms with Gasteiger partial charge in [0.05, 0.1) is 16.0 Å². The third-order valence-corrected chi connectivity index (χ3v) is 7.04. The maximum atomic E-state index is 12.1. The van der Waals surface area contributed by atoms with Gasteiger partial charge in [0.1, 0.15) is 5.78 Å². The van der Waals surface area contributed by atoms with Crippen LogP contribution in [-0.2, 0) is 21.1 Å². The van der Waals surface area contributed by atoms with Gasteiger partial charge in [0.2, 0.25) is 0 Å². The fraction of sp³-hybridized carbons (Fsp3) is 0.500. The predicted octanol–water partition coefficient (Wildman–Crippen LogP) is 4.12. The zero-order valence-corrected chi connectivity index (χ0v) is 16.1. The lowest BCUT2D eigenvalue weighted by Gasteiger charge is -2.18. The van der Waals surface area contributed by atoms with Gasteiger partial charge in [0, 0.05) is 24.4 Å². The van der Waals surface area contributed by atoms with Crippen LogP contribution in [-0.4, -0.2) is 29.7 Å². The van der Waals surface area contributed by atoms with E-state index >= 15 is 0 Å². The standard InChI is InChI=1S/C20H27NO3S/c1-20(2,3)25(23,24)12-8-4-5-10-18(22)14-16-13-17-9-6-7-11-19(17)21-15-16/h6-7,9,11,13,15H,4-5,8,10,12,14H2,1-3H3. The van der Waals surface area contributed by atoms with Crippen molar-refractivity contribution in [1.82, 2.24) is 4.98 Å². The average molecular weight is 362 g/mol. The summed E-state index contributed by atoms with van der Waals surface area (Å²) in [6.45, 7) is 5.18. The van der Waals surface area contributed by atoms with Gasteiger partial charge in [-0.1, -0.05) is 24.6 Å². The molecule has 1 aromatic carbocycles. The van der Waals surface area contributed by atoms with Crippen LogP contribution in [0.1, 0.15) is 52.0 Å². The van der Waals surface area contributed by atoms with Gasteiger partial charge in [-0.25, -0.2) is 8.42 Å². The third kappa shape index (κ3) is 5.63. The summed E-state index contributed by atoms with van der Waals surface area (Å²) >= 11 is 0. The molecule has 2 aromatic rings. The normalized spacial score (nSPS) is 12.4. The van der Waals surface area contributed by atoms with Gasteiger partial charge in [-0.05, 0) is 51.3 Å². The monoisotopic (exact) mass is 361 g/mol. The number of sulfone groups is 1. The van der Waals surface area contributed by atoms with Crippen LogP contribution in [0.25, 0.3) is 10.9 Å². The summed E-state index contributed by atoms with van der Waals surface area (Å²) in [5, 5.41) is 1.04. The Morgan fingerprint density at radius 1 is 1.08 bits per heavy atom. The van der Waals surface area contributed by atoms with Crippen LogP contribution in [0, 0.1) is 0 Å². The first kappa shape index (κ1) is 19.6. The Morgan fingerprint density at radius 2 is 1.80 bits per heavy atom. The van der Waals surface area contributed by atoms with Crippen molar-refractivity contribution in [3.8, 4) is 0 Å². The van der Waals surface area contributed by atoms with Gasteiger partial charge in [-0.3, -0.25) is 9.78 Å². The van der Waals surface area contributed by atoms with Gasteiger partial charge in [-0.2, -0.15) is 0 Å². The number of benzene rings is 1. The highest BCUT2D eigenvalue weighted by atomic mass is 32.2. The fourth-order valence-corrected chi connectivity index (χ4v) is 3.82. The smallest absolute Gasteiger partial charge is 0.155 e. The van der Waals surface area contributed by atoms with E-state index < -0.39 is 14.6 Å². The molecule has 4 nitrogen and oxygen atoms in total. The number of hydrogen-bond acceptors (Lipinski definition) is 4. The van der Waals surface area contributed by atoms with E-state index in [0.29, 0.717) is 19.3 Å². The summed E-state index contributed by atoms with van der Waals surface area (Å²) in [6.07, 6.45) is 4.75. The molecule has 136 valence electrons. The molecule has 2 rings (SSSR count). The molecule has 0 fully saturated rings. The van der Waals surface area contributed by atoms with Crippen LogP contribution in [0.5, 0.6) is 0 Å². The molecule has 0 saturated carbocycles. The number of rotatable bonds is 8. The Kier molecular flexibility index (Phi) is 6.33. The second-order valence-electron chi connectivity index (χ2n) is 7.49. The van der Waals surface area contributed by atoms with E-state index in [2.05, 4.69) is 4.98 Å². The van der Waals surface area contributed by atoms with E-state index in [0.717, 1.165) is 29.3 Å². The minimum Gasteiger partial charge on any atom is -0.299 e. The zero-order chi connectivity index (χ0) is 18.5. The molecule has 0 unspecified atom stereocenters. The number of pyridine rings is 1. The highest BCUT2D eigenvalue weighted by Gasteiger charge is 2.27. The summed E-state index contributed by atoms with van der Waals surface area (Å²) in [6, 6.07) is 9.86. The maximum Gasteiger partial charge on any atom is 0.155 e. The molecule has 0 aliphatic carbocycles. The molecule has 0 atom stereocenters. The van der Waals surface area contributed by atoms with Crippen molar-refractivity contribution in [3.05, 3.63) is 42.1 Å². The first-order chi connectivity index (χ1) is 11.7. The summed E-state index contributed by atoms with van der Waals surface area (Å²) in [4.78, 5) is 16.5. The predicted molar refractivity (Wildman–Crippen MR) is 102 cm³/mol. The van der Waals surface area contributed by atoms with Gasteiger partial charge >= 0.3 is 0 Å². The topological polar surface area (TPSA) is 64.1 Å². The zero-order valence-electron chi connectivity index (χ0n) is 15.3. The molecular formula is C20H27NO3S. The summed E-state index contributed by atoms with van der Waals surface area (Å²) in [5.74, 6) is 0.370. The van der Waals surface area contributed by atoms with E-state index in [1.54, 1.807) is 27.0 Å². The van der Waals surface area contributed by atoms with E-state index in [4.69, 9.17) is 0 Å². The Labute approximate surface area is 150 Å². The summed E-state index contributed by atoms with van der Waals surface area (Å²) < 4.78 is 23.3. The number of fused-ring (bicyclic) bond motifs is 1. The largest absolute Gasteiger partial charge is 0.299 e. The molecule has 0 radical (unpaired) electrons. The SMILES string of the molecule is CC(C)(C)S(=O)(=O)CCCCCC(=O)Cc1cnc2ccccc2c1. The highest BCUT2D eigenvalue weighted by Crippen LogP contribution is 2.18. The van der Waals surface area contributed by atoms with Crippen LogP contribution in [0.15, 0.2) is 36.5 Å². The van der Waals surface area contributed by atoms with Crippen LogP contribution in [0.4, 0.5) is 0 Å². The number of nitrogens with zero attached hydrogens (tertiary/aromatic N) is 1. The molecular weight excluding hydrogens is 334 g/mol. The minimum atomic E-state index is -3.06. The Hall–Kier alpha value is -1.75. The van der Waals surface area contributed by atoms with Crippen molar-refractivity contribution in [3.63, 3.8) is 0 Å². The number of para-hydroxylation sites is 1. The number of carbonyl (C=O) groups excluding carboxylic acids is 1. The quantitative estimate of drug-likeness (QED) is 0.664. The van der Waals surface area contributed by atoms with Crippen molar-refractivity contribution < 1.29 is 13.2 Å². The van der Waals surface area contributed by atoms with E-state index in [1.807, 2.05) is 30.3 Å². The highest BCUT2D eigenvalue weighted by molar-refractivity contribution is 7.92. The van der Waals surface area contributed by atoms with Crippen molar-refractivity contribution in [1.29, 1.82) is 0 Å². The molecule has 1 heterocycles. The number of aromatic nitrogens is 1. The van der Waals surface area contributed by atoms with Gasteiger partial charge in [0.15, 0.2) is 9.84 Å². The van der Waals surface area contributed by atoms with Gasteiger partial charge < -0.3 is 0 Å². The van der Waals surface area contributed by atoms with E-state index in [1.165, 1.54) is 0 Å². The van der Waals surface area contributed by atoms with E-state index in [9.17, 15) is 13.2 Å². The second-order valence-corrected chi connectivity index (χ2v) is 10.4. The number of hydrogen-bond donors (Lipinski definition) is 0. The molecule has 0 spiro atoms. The molecule has 0 saturated heterocycles. The molecule has 0 amide bonds. The van der Waals surface area contributed by atoms with Crippen molar-refractivity contribution in [2.75, 3.05) is 5.75 Å². The van der Waals surface area contributed by atoms with Crippen LogP contribution in [0.3, 0.4) is 0 Å². The van der Waals surface area contributed by atoms with E-state index in [-0.39, 0.29) is 11.5 Å². The molecule has 0 aliphatic heterocycles. The summed E-state index contributed by atoms with van der Waals surface area (Å²) in [7, 11) is -3.06. The van der Waals surface area contributed by atoms with Crippen molar-refractivity contribution >= 4 is 26.5 Å². The molecule has 1 aromatic heterocycles. The molecule has 25 heavy (non-hydrogen) atoms. The number of Topliss-reactive ketones (excluding diaryl/α,β-unsaturated/α-hetero) is 1. The number of carbonyl (C=O) groups is 1.